The number of benzene rings is 1. The van der Waals surface area contributed by atoms with Crippen molar-refractivity contribution in [2.75, 3.05) is 0 Å². The monoisotopic (exact) mass is 308 g/mol. The second-order valence-corrected chi connectivity index (χ2v) is 8.03. The van der Waals surface area contributed by atoms with Crippen LogP contribution in [0.25, 0.3) is 0 Å². The molecule has 0 heterocycles. The van der Waals surface area contributed by atoms with Crippen molar-refractivity contribution < 1.29 is 21.7 Å². The Hall–Kier alpha value is -1.00. The van der Waals surface area contributed by atoms with Gasteiger partial charge in [0.25, 0.3) is 10.0 Å². The van der Waals surface area contributed by atoms with Crippen LogP contribution in [0.1, 0.15) is 20.8 Å². The molecule has 1 rings (SSSR count). The first kappa shape index (κ1) is 16.1. The first-order chi connectivity index (χ1) is 8.42. The maximum absolute atomic E-state index is 11.9. The van der Waals surface area contributed by atoms with Crippen LogP contribution >= 0.6 is 0 Å². The van der Waals surface area contributed by atoms with Gasteiger partial charge in [-0.3, -0.25) is 4.84 Å². The van der Waals surface area contributed by atoms with E-state index in [9.17, 15) is 16.8 Å². The van der Waals surface area contributed by atoms with Crippen LogP contribution in [-0.2, 0) is 24.9 Å². The van der Waals surface area contributed by atoms with Crippen LogP contribution in [0.15, 0.2) is 34.1 Å². The van der Waals surface area contributed by atoms with Crippen LogP contribution in [0.3, 0.4) is 0 Å². The third kappa shape index (κ3) is 4.88. The summed E-state index contributed by atoms with van der Waals surface area (Å²) in [5.74, 6) is 0. The van der Waals surface area contributed by atoms with Crippen molar-refractivity contribution in [2.24, 2.45) is 5.14 Å². The minimum atomic E-state index is -3.97. The van der Waals surface area contributed by atoms with Crippen molar-refractivity contribution in [3.8, 4) is 0 Å². The molecule has 0 aromatic heterocycles. The molecule has 108 valence electrons. The van der Waals surface area contributed by atoms with E-state index < -0.39 is 25.6 Å². The van der Waals surface area contributed by atoms with Crippen molar-refractivity contribution in [1.29, 1.82) is 0 Å². The number of nitrogens with two attached hydrogens (primary N) is 1. The topological polar surface area (TPSA) is 116 Å². The molecule has 0 aliphatic heterocycles. The molecule has 1 aromatic carbocycles. The van der Waals surface area contributed by atoms with E-state index in [1.54, 1.807) is 20.8 Å². The number of nitrogens with one attached hydrogen (secondary N) is 1. The number of sulfonamides is 2. The van der Waals surface area contributed by atoms with Crippen molar-refractivity contribution in [3.05, 3.63) is 24.3 Å². The minimum absolute atomic E-state index is 0.247. The van der Waals surface area contributed by atoms with Gasteiger partial charge in [-0.05, 0) is 39.0 Å². The summed E-state index contributed by atoms with van der Waals surface area (Å²) in [6.45, 7) is 4.99. The highest BCUT2D eigenvalue weighted by Gasteiger charge is 2.20. The average molecular weight is 308 g/mol. The second-order valence-electron chi connectivity index (χ2n) is 4.82. The zero-order chi connectivity index (χ0) is 14.9. The van der Waals surface area contributed by atoms with E-state index in [2.05, 4.69) is 0 Å². The molecule has 0 saturated heterocycles. The van der Waals surface area contributed by atoms with Gasteiger partial charge in [0.15, 0.2) is 0 Å². The van der Waals surface area contributed by atoms with Crippen molar-refractivity contribution in [1.82, 2.24) is 4.89 Å². The largest absolute Gasteiger partial charge is 0.281 e. The third-order valence-corrected chi connectivity index (χ3v) is 3.99. The van der Waals surface area contributed by atoms with Crippen LogP contribution in [0.4, 0.5) is 0 Å². The quantitative estimate of drug-likeness (QED) is 0.778. The molecule has 7 nitrogen and oxygen atoms in total. The zero-order valence-corrected chi connectivity index (χ0v) is 12.4. The van der Waals surface area contributed by atoms with Crippen molar-refractivity contribution >= 4 is 20.0 Å². The molecule has 0 fully saturated rings. The van der Waals surface area contributed by atoms with E-state index in [-0.39, 0.29) is 9.79 Å². The third-order valence-electron chi connectivity index (χ3n) is 1.90. The summed E-state index contributed by atoms with van der Waals surface area (Å²) in [4.78, 5) is 6.35. The van der Waals surface area contributed by atoms with E-state index >= 15 is 0 Å². The van der Waals surface area contributed by atoms with Crippen LogP contribution in [0.5, 0.6) is 0 Å². The lowest BCUT2D eigenvalue weighted by Gasteiger charge is -2.19. The molecule has 9 heteroatoms. The van der Waals surface area contributed by atoms with E-state index in [1.165, 1.54) is 18.2 Å². The predicted molar refractivity (Wildman–Crippen MR) is 69.0 cm³/mol. The summed E-state index contributed by atoms with van der Waals surface area (Å²) < 4.78 is 46.1. The fourth-order valence-electron chi connectivity index (χ4n) is 1.05. The van der Waals surface area contributed by atoms with E-state index in [0.29, 0.717) is 0 Å². The van der Waals surface area contributed by atoms with Gasteiger partial charge in [0.1, 0.15) is 0 Å². The summed E-state index contributed by atoms with van der Waals surface area (Å²) in [6, 6.07) is 4.69. The highest BCUT2D eigenvalue weighted by atomic mass is 32.2. The van der Waals surface area contributed by atoms with E-state index in [4.69, 9.17) is 9.98 Å². The van der Waals surface area contributed by atoms with Crippen LogP contribution < -0.4 is 10.0 Å². The molecule has 0 spiro atoms. The van der Waals surface area contributed by atoms with E-state index in [0.717, 1.165) is 6.07 Å². The fraction of sp³-hybridized carbons (Fsp3) is 0.400. The molecule has 0 aliphatic rings. The molecule has 0 atom stereocenters. The van der Waals surface area contributed by atoms with Gasteiger partial charge >= 0.3 is 0 Å². The lowest BCUT2D eigenvalue weighted by atomic mass is 10.2. The average Bonchev–Trinajstić information content (AvgIpc) is 2.25. The van der Waals surface area contributed by atoms with Gasteiger partial charge in [0, 0.05) is 0 Å². The Morgan fingerprint density at radius 1 is 1.11 bits per heavy atom. The summed E-state index contributed by atoms with van der Waals surface area (Å²) in [6.07, 6.45) is 0. The predicted octanol–water partition coefficient (Wildman–Crippen LogP) is 0.342. The van der Waals surface area contributed by atoms with Gasteiger partial charge in [0.05, 0.1) is 15.4 Å². The number of rotatable bonds is 4. The second kappa shape index (κ2) is 5.17. The Balaban J connectivity index is 3.10. The normalized spacial score (nSPS) is 13.5. The molecule has 1 aromatic rings. The minimum Gasteiger partial charge on any atom is -0.281 e. The molecular weight excluding hydrogens is 292 g/mol. The fourth-order valence-corrected chi connectivity index (χ4v) is 2.68. The first-order valence-electron chi connectivity index (χ1n) is 5.24. The molecule has 0 aliphatic carbocycles. The number of hydrogen-bond donors (Lipinski definition) is 2. The van der Waals surface area contributed by atoms with Crippen LogP contribution in [0, 0.1) is 0 Å². The Morgan fingerprint density at radius 2 is 1.63 bits per heavy atom. The molecule has 0 bridgehead atoms. The van der Waals surface area contributed by atoms with Gasteiger partial charge in [-0.15, -0.1) is 0 Å². The lowest BCUT2D eigenvalue weighted by molar-refractivity contribution is -0.0357. The summed E-state index contributed by atoms with van der Waals surface area (Å²) >= 11 is 0. The summed E-state index contributed by atoms with van der Waals surface area (Å²) in [5.41, 5.74) is -0.718. The molecule has 19 heavy (non-hydrogen) atoms. The van der Waals surface area contributed by atoms with Crippen LogP contribution in [0.2, 0.25) is 0 Å². The number of hydrogen-bond acceptors (Lipinski definition) is 5. The van der Waals surface area contributed by atoms with Gasteiger partial charge in [-0.25, -0.2) is 22.0 Å². The summed E-state index contributed by atoms with van der Waals surface area (Å²) in [7, 11) is -7.93. The molecule has 0 unspecified atom stereocenters. The summed E-state index contributed by atoms with van der Waals surface area (Å²) in [5, 5.41) is 4.94. The van der Waals surface area contributed by atoms with E-state index in [1.807, 2.05) is 4.89 Å². The van der Waals surface area contributed by atoms with Crippen LogP contribution in [-0.4, -0.2) is 22.4 Å². The first-order valence-corrected chi connectivity index (χ1v) is 8.27. The number of primary sulfonamides is 1. The zero-order valence-electron chi connectivity index (χ0n) is 10.7. The Kier molecular flexibility index (Phi) is 4.37. The SMILES string of the molecule is CC(C)(C)ONS(=O)(=O)c1cccc(S(N)(=O)=O)c1. The molecule has 3 N–H and O–H groups in total. The maximum atomic E-state index is 11.9. The molecule has 0 radical (unpaired) electrons. The standard InChI is InChI=1S/C10H16N2O5S2/c1-10(2,3)17-12-19(15,16)9-6-4-5-8(7-9)18(11,13)14/h4-7,12H,1-3H3,(H2,11,13,14). The van der Waals surface area contributed by atoms with Gasteiger partial charge in [-0.2, -0.15) is 0 Å². The van der Waals surface area contributed by atoms with Gasteiger partial charge in [0.2, 0.25) is 10.0 Å². The van der Waals surface area contributed by atoms with Gasteiger partial charge < -0.3 is 0 Å². The van der Waals surface area contributed by atoms with Gasteiger partial charge in [-0.1, -0.05) is 11.0 Å². The van der Waals surface area contributed by atoms with Crippen molar-refractivity contribution in [3.63, 3.8) is 0 Å². The molecule has 0 saturated carbocycles. The molecular formula is C10H16N2O5S2. The highest BCUT2D eigenvalue weighted by Crippen LogP contribution is 2.15. The van der Waals surface area contributed by atoms with Crippen molar-refractivity contribution in [2.45, 2.75) is 36.2 Å². The Labute approximate surface area is 112 Å². The maximum Gasteiger partial charge on any atom is 0.262 e. The smallest absolute Gasteiger partial charge is 0.262 e. The molecule has 0 amide bonds. The highest BCUT2D eigenvalue weighted by molar-refractivity contribution is 7.90. The Bertz CT molecular complexity index is 659. The lowest BCUT2D eigenvalue weighted by Crippen LogP contribution is -2.33. The Morgan fingerprint density at radius 3 is 2.11 bits per heavy atom.